The highest BCUT2D eigenvalue weighted by molar-refractivity contribution is 7.22. The minimum absolute atomic E-state index is 0.330. The maximum absolute atomic E-state index is 14.6. The predicted octanol–water partition coefficient (Wildman–Crippen LogP) is 7.64. The van der Waals surface area contributed by atoms with Crippen molar-refractivity contribution in [2.75, 3.05) is 30.8 Å². The molecule has 0 aliphatic heterocycles. The number of fused-ring (bicyclic) bond motifs is 2. The molecule has 5 heterocycles. The van der Waals surface area contributed by atoms with E-state index in [0.29, 0.717) is 89.3 Å². The zero-order chi connectivity index (χ0) is 36.8. The number of amides is 4. The Bertz CT molecular complexity index is 2380. The Balaban J connectivity index is 0.000000181. The number of carbonyl (C=O) groups is 2. The van der Waals surface area contributed by atoms with Crippen LogP contribution in [0.3, 0.4) is 0 Å². The first-order chi connectivity index (χ1) is 25.1. The molecule has 4 amide bonds. The molecule has 0 spiro atoms. The second-order valence-electron chi connectivity index (χ2n) is 10.8. The van der Waals surface area contributed by atoms with Gasteiger partial charge < -0.3 is 19.9 Å². The van der Waals surface area contributed by atoms with E-state index < -0.39 is 11.6 Å². The number of aryl methyl sites for hydroxylation is 1. The summed E-state index contributed by atoms with van der Waals surface area (Å²) >= 11 is 2.41. The molecule has 0 bridgehead atoms. The van der Waals surface area contributed by atoms with Crippen molar-refractivity contribution in [3.05, 3.63) is 78.4 Å². The van der Waals surface area contributed by atoms with E-state index in [2.05, 4.69) is 51.3 Å². The highest BCUT2D eigenvalue weighted by Crippen LogP contribution is 2.34. The van der Waals surface area contributed by atoms with Crippen LogP contribution in [0, 0.1) is 18.6 Å². The summed E-state index contributed by atoms with van der Waals surface area (Å²) in [6.45, 7) is 6.34. The number of urea groups is 2. The minimum atomic E-state index is -0.406. The van der Waals surface area contributed by atoms with Gasteiger partial charge in [0.1, 0.15) is 23.1 Å². The number of hydrogen-bond acceptors (Lipinski definition) is 12. The first-order valence-corrected chi connectivity index (χ1v) is 17.3. The van der Waals surface area contributed by atoms with Gasteiger partial charge in [-0.05, 0) is 50.2 Å². The molecular weight excluding hydrogens is 715 g/mol. The molecule has 4 N–H and O–H groups in total. The van der Waals surface area contributed by atoms with Crippen molar-refractivity contribution in [1.82, 2.24) is 40.7 Å². The number of aromatic nitrogens is 6. The van der Waals surface area contributed by atoms with Crippen molar-refractivity contribution >= 4 is 65.4 Å². The van der Waals surface area contributed by atoms with Gasteiger partial charge in [-0.2, -0.15) is 4.98 Å². The topological polar surface area (TPSA) is 182 Å². The molecule has 5 aromatic heterocycles. The lowest BCUT2D eigenvalue weighted by atomic mass is 10.1. The van der Waals surface area contributed by atoms with Crippen LogP contribution in [0.25, 0.3) is 54.3 Å². The Morgan fingerprint density at radius 1 is 0.788 bits per heavy atom. The van der Waals surface area contributed by atoms with Crippen molar-refractivity contribution in [2.24, 2.45) is 0 Å². The smallest absolute Gasteiger partial charge is 0.321 e. The van der Waals surface area contributed by atoms with Crippen LogP contribution in [-0.2, 0) is 0 Å². The number of methoxy groups -OCH3 is 1. The van der Waals surface area contributed by atoms with E-state index in [0.717, 1.165) is 0 Å². The second kappa shape index (κ2) is 15.8. The third-order valence-electron chi connectivity index (χ3n) is 7.14. The molecule has 7 rings (SSSR count). The lowest BCUT2D eigenvalue weighted by Gasteiger charge is -2.05. The van der Waals surface area contributed by atoms with Gasteiger partial charge in [0.15, 0.2) is 10.3 Å². The number of benzene rings is 2. The lowest BCUT2D eigenvalue weighted by Crippen LogP contribution is -2.28. The van der Waals surface area contributed by atoms with Crippen molar-refractivity contribution in [1.29, 1.82) is 0 Å². The van der Waals surface area contributed by atoms with E-state index in [1.807, 2.05) is 13.8 Å². The Hall–Kier alpha value is -6.14. The Morgan fingerprint density at radius 3 is 1.94 bits per heavy atom. The molecule has 266 valence electrons. The number of anilines is 2. The van der Waals surface area contributed by atoms with Crippen LogP contribution in [0.5, 0.6) is 5.75 Å². The number of pyridine rings is 2. The van der Waals surface area contributed by atoms with Crippen LogP contribution < -0.4 is 26.0 Å². The van der Waals surface area contributed by atoms with Crippen molar-refractivity contribution < 1.29 is 27.6 Å². The molecule has 0 unspecified atom stereocenters. The first-order valence-electron chi connectivity index (χ1n) is 15.7. The number of ether oxygens (including phenoxy) is 1. The van der Waals surface area contributed by atoms with Gasteiger partial charge in [-0.25, -0.2) is 28.3 Å². The number of hydrogen-bond donors (Lipinski definition) is 4. The molecule has 0 fully saturated rings. The molecular formula is C34H30F2N10O4S2. The average Bonchev–Trinajstić information content (AvgIpc) is 3.85. The zero-order valence-corrected chi connectivity index (χ0v) is 29.7. The van der Waals surface area contributed by atoms with Crippen LogP contribution in [0.2, 0.25) is 0 Å². The van der Waals surface area contributed by atoms with Crippen molar-refractivity contribution in [2.45, 2.75) is 20.8 Å². The van der Waals surface area contributed by atoms with Crippen LogP contribution in [0.15, 0.2) is 65.4 Å². The molecule has 52 heavy (non-hydrogen) atoms. The molecule has 2 aromatic carbocycles. The van der Waals surface area contributed by atoms with Gasteiger partial charge in [-0.15, -0.1) is 0 Å². The number of nitrogens with zero attached hydrogens (tertiary/aromatic N) is 6. The highest BCUT2D eigenvalue weighted by Gasteiger charge is 2.16. The summed E-state index contributed by atoms with van der Waals surface area (Å²) in [7, 11) is 1.54. The molecule has 18 heteroatoms. The number of carbonyl (C=O) groups excluding carboxylic acids is 2. The number of halogens is 2. The van der Waals surface area contributed by atoms with Crippen LogP contribution in [0.4, 0.5) is 28.6 Å². The largest absolute Gasteiger partial charge is 0.497 e. The molecule has 0 saturated heterocycles. The fourth-order valence-electron chi connectivity index (χ4n) is 4.80. The molecule has 7 aromatic rings. The standard InChI is InChI=1S/C18H15FN6O2S.C16H15FN4O2S/c1-3-20-17(26)24-18-23-14-6-11(12(19)7-15(14)28-18)10-4-5-13(21-8-10)16-22-9(2)27-25-16;1-3-18-15(22)21-16-20-13-7-10(11(17)8-14(13)24-16)12-6-9(23-2)4-5-19-12/h4-8H,3H2,1-2H3,(H2,20,23,24,26);4-8H,3H2,1-2H3,(H2,18,20,21,22). The molecule has 0 saturated carbocycles. The zero-order valence-electron chi connectivity index (χ0n) is 28.1. The van der Waals surface area contributed by atoms with Gasteiger partial charge in [0, 0.05) is 55.2 Å². The monoisotopic (exact) mass is 744 g/mol. The summed E-state index contributed by atoms with van der Waals surface area (Å²) in [5.41, 5.74) is 3.46. The third kappa shape index (κ3) is 8.24. The maximum Gasteiger partial charge on any atom is 0.321 e. The number of thiazole rings is 2. The second-order valence-corrected chi connectivity index (χ2v) is 12.8. The summed E-state index contributed by atoms with van der Waals surface area (Å²) in [6.07, 6.45) is 3.10. The van der Waals surface area contributed by atoms with E-state index in [4.69, 9.17) is 9.26 Å². The quantitative estimate of drug-likeness (QED) is 0.121. The number of nitrogens with one attached hydrogen (secondary N) is 4. The predicted molar refractivity (Wildman–Crippen MR) is 196 cm³/mol. The maximum atomic E-state index is 14.6. The Kier molecular flexibility index (Phi) is 10.9. The summed E-state index contributed by atoms with van der Waals surface area (Å²) in [6, 6.07) is 12.1. The molecule has 0 radical (unpaired) electrons. The van der Waals surface area contributed by atoms with Crippen LogP contribution in [-0.4, -0.2) is 62.3 Å². The van der Waals surface area contributed by atoms with Gasteiger partial charge in [0.2, 0.25) is 11.7 Å². The van der Waals surface area contributed by atoms with E-state index in [9.17, 15) is 18.4 Å². The summed E-state index contributed by atoms with van der Waals surface area (Å²) in [5.74, 6) is 0.608. The lowest BCUT2D eigenvalue weighted by molar-refractivity contribution is 0.251. The SMILES string of the molecule is CCNC(=O)Nc1nc2cc(-c3cc(OC)ccn3)c(F)cc2s1.CCNC(=O)Nc1nc2cc(-c3ccc(-c4noc(C)n4)nc3)c(F)cc2s1. The average molecular weight is 745 g/mol. The summed E-state index contributed by atoms with van der Waals surface area (Å²) in [5, 5.41) is 15.1. The number of rotatable bonds is 8. The molecule has 14 nitrogen and oxygen atoms in total. The van der Waals surface area contributed by atoms with E-state index in [-0.39, 0.29) is 12.1 Å². The Labute approximate surface area is 302 Å². The van der Waals surface area contributed by atoms with Gasteiger partial charge in [0.25, 0.3) is 0 Å². The molecule has 0 atom stereocenters. The van der Waals surface area contributed by atoms with Gasteiger partial charge in [-0.1, -0.05) is 33.9 Å². The highest BCUT2D eigenvalue weighted by atomic mass is 32.1. The molecule has 0 aliphatic rings. The normalized spacial score (nSPS) is 10.8. The fraction of sp³-hybridized carbons (Fsp3) is 0.176. The van der Waals surface area contributed by atoms with E-state index in [1.54, 1.807) is 62.8 Å². The minimum Gasteiger partial charge on any atom is -0.497 e. The van der Waals surface area contributed by atoms with Gasteiger partial charge >= 0.3 is 12.1 Å². The van der Waals surface area contributed by atoms with E-state index >= 15 is 0 Å². The summed E-state index contributed by atoms with van der Waals surface area (Å²) < 4.78 is 40.4. The van der Waals surface area contributed by atoms with Gasteiger partial charge in [-0.3, -0.25) is 20.6 Å². The third-order valence-corrected chi connectivity index (χ3v) is 9.01. The van der Waals surface area contributed by atoms with Crippen molar-refractivity contribution in [3.8, 4) is 39.7 Å². The van der Waals surface area contributed by atoms with Gasteiger partial charge in [0.05, 0.1) is 33.2 Å². The Morgan fingerprint density at radius 2 is 1.40 bits per heavy atom. The van der Waals surface area contributed by atoms with Crippen molar-refractivity contribution in [3.63, 3.8) is 0 Å². The van der Waals surface area contributed by atoms with E-state index in [1.165, 1.54) is 34.8 Å². The fourth-order valence-corrected chi connectivity index (χ4v) is 6.54. The summed E-state index contributed by atoms with van der Waals surface area (Å²) in [4.78, 5) is 44.5. The van der Waals surface area contributed by atoms with Crippen LogP contribution >= 0.6 is 22.7 Å². The van der Waals surface area contributed by atoms with Crippen LogP contribution in [0.1, 0.15) is 19.7 Å². The first kappa shape index (κ1) is 35.7. The molecule has 0 aliphatic carbocycles.